The van der Waals surface area contributed by atoms with E-state index in [2.05, 4.69) is 10.00 Å². The van der Waals surface area contributed by atoms with E-state index < -0.39 is 16.6 Å². The molecule has 1 saturated heterocycles. The summed E-state index contributed by atoms with van der Waals surface area (Å²) in [6, 6.07) is 7.42. The first-order chi connectivity index (χ1) is 15.2. The van der Waals surface area contributed by atoms with Gasteiger partial charge in [-0.2, -0.15) is 0 Å². The Morgan fingerprint density at radius 2 is 1.69 bits per heavy atom. The van der Waals surface area contributed by atoms with Crippen molar-refractivity contribution < 1.29 is 14.3 Å². The van der Waals surface area contributed by atoms with Crippen LogP contribution in [0.4, 0.5) is 4.79 Å². The summed E-state index contributed by atoms with van der Waals surface area (Å²) in [5.74, 6) is 0.763. The zero-order chi connectivity index (χ0) is 23.3. The molecule has 0 radical (unpaired) electrons. The van der Waals surface area contributed by atoms with Crippen molar-refractivity contribution in [1.82, 2.24) is 19.6 Å². The molecule has 9 nitrogen and oxygen atoms in total. The highest BCUT2D eigenvalue weighted by atomic mass is 16.6. The molecule has 0 bridgehead atoms. The lowest BCUT2D eigenvalue weighted by Crippen LogP contribution is -2.50. The summed E-state index contributed by atoms with van der Waals surface area (Å²) < 4.78 is 12.1. The lowest BCUT2D eigenvalue weighted by molar-refractivity contribution is 0.0138. The van der Waals surface area contributed by atoms with Gasteiger partial charge < -0.3 is 19.5 Å². The lowest BCUT2D eigenvalue weighted by atomic mass is 10.2. The molecule has 2 aromatic rings. The Morgan fingerprint density at radius 1 is 1.03 bits per heavy atom. The molecule has 2 heterocycles. The minimum atomic E-state index is -0.580. The van der Waals surface area contributed by atoms with Gasteiger partial charge in [-0.25, -0.2) is 9.48 Å². The van der Waals surface area contributed by atoms with Crippen molar-refractivity contribution in [2.75, 3.05) is 32.8 Å². The average molecular weight is 445 g/mol. The second-order valence-corrected chi connectivity index (χ2v) is 8.84. The summed E-state index contributed by atoms with van der Waals surface area (Å²) in [4.78, 5) is 41.1. The fraction of sp³-hybridized carbons (Fsp3) is 0.522. The van der Waals surface area contributed by atoms with Crippen molar-refractivity contribution in [2.45, 2.75) is 46.4 Å². The largest absolute Gasteiger partial charge is 0.494 e. The number of carbonyl (C=O) groups excluding carboxylic acids is 1. The predicted octanol–water partition coefficient (Wildman–Crippen LogP) is 2.04. The maximum absolute atomic E-state index is 12.6. The molecule has 0 saturated carbocycles. The number of benzene rings is 1. The summed E-state index contributed by atoms with van der Waals surface area (Å²) in [5.41, 5.74) is -0.314. The molecule has 32 heavy (non-hydrogen) atoms. The van der Waals surface area contributed by atoms with Crippen molar-refractivity contribution >= 4 is 6.09 Å². The molecule has 9 heteroatoms. The second-order valence-electron chi connectivity index (χ2n) is 8.84. The number of nitrogens with one attached hydrogen (secondary N) is 1. The number of H-pyrrole nitrogens is 1. The number of aromatic nitrogens is 2. The Hall–Kier alpha value is -3.07. The van der Waals surface area contributed by atoms with E-state index in [0.717, 1.165) is 11.3 Å². The van der Waals surface area contributed by atoms with Crippen LogP contribution in [0.1, 0.15) is 38.8 Å². The number of hydrogen-bond donors (Lipinski definition) is 1. The van der Waals surface area contributed by atoms with Crippen LogP contribution in [0, 0.1) is 0 Å². The number of ether oxygens (including phenoxy) is 2. The number of nitrogens with zero attached hydrogens (tertiary/aromatic N) is 3. The van der Waals surface area contributed by atoms with Gasteiger partial charge in [-0.1, -0.05) is 12.1 Å². The van der Waals surface area contributed by atoms with Crippen molar-refractivity contribution in [3.05, 3.63) is 62.2 Å². The van der Waals surface area contributed by atoms with Crippen molar-refractivity contribution in [3.63, 3.8) is 0 Å². The molecule has 0 unspecified atom stereocenters. The first kappa shape index (κ1) is 23.6. The predicted molar refractivity (Wildman–Crippen MR) is 121 cm³/mol. The van der Waals surface area contributed by atoms with Crippen LogP contribution in [-0.4, -0.2) is 64.1 Å². The molecule has 0 aliphatic carbocycles. The number of hydrogen-bond acceptors (Lipinski definition) is 6. The van der Waals surface area contributed by atoms with Gasteiger partial charge in [0.05, 0.1) is 13.2 Å². The van der Waals surface area contributed by atoms with Gasteiger partial charge >= 0.3 is 11.7 Å². The Kier molecular flexibility index (Phi) is 7.40. The van der Waals surface area contributed by atoms with Crippen LogP contribution in [0.25, 0.3) is 0 Å². The van der Waals surface area contributed by atoms with Crippen LogP contribution in [0.5, 0.6) is 5.75 Å². The lowest BCUT2D eigenvalue weighted by Gasteiger charge is -2.35. The average Bonchev–Trinajstić information content (AvgIpc) is 2.74. The zero-order valence-corrected chi connectivity index (χ0v) is 19.2. The Bertz CT molecular complexity index is 1030. The second kappa shape index (κ2) is 10.0. The first-order valence-corrected chi connectivity index (χ1v) is 10.9. The van der Waals surface area contributed by atoms with Gasteiger partial charge in [0.25, 0.3) is 5.43 Å². The minimum absolute atomic E-state index is 0.273. The molecule has 0 spiro atoms. The van der Waals surface area contributed by atoms with E-state index in [9.17, 15) is 14.4 Å². The van der Waals surface area contributed by atoms with Gasteiger partial charge in [0.15, 0.2) is 0 Å². The third-order valence-electron chi connectivity index (χ3n) is 5.12. The van der Waals surface area contributed by atoms with Crippen LogP contribution in [0.3, 0.4) is 0 Å². The van der Waals surface area contributed by atoms with Gasteiger partial charge in [0.2, 0.25) is 0 Å². The van der Waals surface area contributed by atoms with Crippen molar-refractivity contribution in [2.24, 2.45) is 0 Å². The SMILES string of the molecule is CCOc1ccc(Cn2[nH]cc(CN3CCN(C(=O)OC(C)(C)C)CC3)c(=O)c2=O)cc1. The Labute approximate surface area is 187 Å². The fourth-order valence-electron chi connectivity index (χ4n) is 3.47. The van der Waals surface area contributed by atoms with E-state index in [0.29, 0.717) is 44.9 Å². The maximum Gasteiger partial charge on any atom is 0.410 e. The Morgan fingerprint density at radius 3 is 2.28 bits per heavy atom. The summed E-state index contributed by atoms with van der Waals surface area (Å²) in [5, 5.41) is 2.94. The summed E-state index contributed by atoms with van der Waals surface area (Å²) in [6.45, 7) is 10.9. The fourth-order valence-corrected chi connectivity index (χ4v) is 3.47. The maximum atomic E-state index is 12.6. The van der Waals surface area contributed by atoms with Crippen LogP contribution in [0.15, 0.2) is 40.1 Å². The number of aromatic amines is 1. The molecule has 0 atom stereocenters. The molecule has 1 N–H and O–H groups in total. The van der Waals surface area contributed by atoms with E-state index in [-0.39, 0.29) is 12.6 Å². The van der Waals surface area contributed by atoms with Crippen LogP contribution >= 0.6 is 0 Å². The normalized spacial score (nSPS) is 14.9. The minimum Gasteiger partial charge on any atom is -0.494 e. The third kappa shape index (κ3) is 6.23. The van der Waals surface area contributed by atoms with Crippen LogP contribution in [-0.2, 0) is 17.8 Å². The van der Waals surface area contributed by atoms with Gasteiger partial charge in [0, 0.05) is 44.5 Å². The van der Waals surface area contributed by atoms with Gasteiger partial charge in [-0.05, 0) is 45.4 Å². The zero-order valence-electron chi connectivity index (χ0n) is 19.2. The van der Waals surface area contributed by atoms with Gasteiger partial charge in [-0.15, -0.1) is 0 Å². The molecule has 1 fully saturated rings. The summed E-state index contributed by atoms with van der Waals surface area (Å²) in [6.07, 6.45) is 1.27. The highest BCUT2D eigenvalue weighted by molar-refractivity contribution is 5.68. The molecular formula is C23H32N4O5. The number of carbonyl (C=O) groups is 1. The van der Waals surface area contributed by atoms with E-state index in [1.165, 1.54) is 4.68 Å². The molecule has 1 amide bonds. The monoisotopic (exact) mass is 444 g/mol. The summed E-state index contributed by atoms with van der Waals surface area (Å²) >= 11 is 0. The molecule has 3 rings (SSSR count). The Balaban J connectivity index is 1.59. The van der Waals surface area contributed by atoms with Crippen molar-refractivity contribution in [3.8, 4) is 5.75 Å². The topological polar surface area (TPSA) is 96.9 Å². The van der Waals surface area contributed by atoms with Crippen molar-refractivity contribution in [1.29, 1.82) is 0 Å². The molecule has 174 valence electrons. The number of amides is 1. The van der Waals surface area contributed by atoms with E-state index >= 15 is 0 Å². The standard InChI is InChI=1S/C23H32N4O5/c1-5-31-19-8-6-17(7-9-19)15-27-21(29)20(28)18(14-24-27)16-25-10-12-26(13-11-25)22(30)32-23(2,3)4/h6-9,14,24H,5,10-13,15-16H2,1-4H3. The molecule has 1 aromatic heterocycles. The van der Waals surface area contributed by atoms with E-state index in [4.69, 9.17) is 9.47 Å². The molecular weight excluding hydrogens is 412 g/mol. The molecule has 1 aliphatic heterocycles. The first-order valence-electron chi connectivity index (χ1n) is 10.9. The van der Waals surface area contributed by atoms with Crippen LogP contribution in [0.2, 0.25) is 0 Å². The third-order valence-corrected chi connectivity index (χ3v) is 5.12. The van der Waals surface area contributed by atoms with E-state index in [1.54, 1.807) is 11.1 Å². The summed E-state index contributed by atoms with van der Waals surface area (Å²) in [7, 11) is 0. The van der Waals surface area contributed by atoms with Gasteiger partial charge in [-0.3, -0.25) is 14.5 Å². The molecule has 1 aromatic carbocycles. The van der Waals surface area contributed by atoms with Gasteiger partial charge in [0.1, 0.15) is 11.4 Å². The smallest absolute Gasteiger partial charge is 0.410 e. The van der Waals surface area contributed by atoms with E-state index in [1.807, 2.05) is 52.0 Å². The number of piperazine rings is 1. The highest BCUT2D eigenvalue weighted by Crippen LogP contribution is 2.13. The van der Waals surface area contributed by atoms with Crippen LogP contribution < -0.4 is 15.7 Å². The quantitative estimate of drug-likeness (QED) is 0.685. The number of rotatable bonds is 6. The molecule has 1 aliphatic rings. The highest BCUT2D eigenvalue weighted by Gasteiger charge is 2.26.